The van der Waals surface area contributed by atoms with Crippen molar-refractivity contribution in [1.82, 2.24) is 4.90 Å². The van der Waals surface area contributed by atoms with E-state index in [0.29, 0.717) is 11.3 Å². The lowest BCUT2D eigenvalue weighted by Gasteiger charge is -2.26. The molecule has 5 nitrogen and oxygen atoms in total. The zero-order valence-corrected chi connectivity index (χ0v) is 11.5. The van der Waals surface area contributed by atoms with Gasteiger partial charge in [0.2, 0.25) is 0 Å². The van der Waals surface area contributed by atoms with E-state index in [1.807, 2.05) is 20.8 Å². The molecule has 1 aromatic carbocycles. The number of nitrogen functional groups attached to an aromatic ring is 1. The zero-order chi connectivity index (χ0) is 14.6. The molecule has 0 aliphatic rings. The first-order valence-corrected chi connectivity index (χ1v) is 6.21. The molecule has 0 atom stereocenters. The Hall–Kier alpha value is -2.04. The van der Waals surface area contributed by atoms with E-state index in [9.17, 15) is 9.59 Å². The highest BCUT2D eigenvalue weighted by Crippen LogP contribution is 2.15. The number of anilines is 1. The summed E-state index contributed by atoms with van der Waals surface area (Å²) in [5.74, 6) is -1.08. The van der Waals surface area contributed by atoms with Gasteiger partial charge in [0.15, 0.2) is 0 Å². The van der Waals surface area contributed by atoms with E-state index in [0.717, 1.165) is 5.56 Å². The maximum atomic E-state index is 12.4. The average molecular weight is 264 g/mol. The number of nitrogens with two attached hydrogens (primary N) is 1. The van der Waals surface area contributed by atoms with Crippen molar-refractivity contribution in [1.29, 1.82) is 0 Å². The summed E-state index contributed by atoms with van der Waals surface area (Å²) < 4.78 is 0. The quantitative estimate of drug-likeness (QED) is 0.796. The molecule has 0 unspecified atom stereocenters. The second-order valence-electron chi connectivity index (χ2n) is 4.81. The van der Waals surface area contributed by atoms with Crippen LogP contribution in [0.1, 0.15) is 36.2 Å². The Labute approximate surface area is 113 Å². The number of benzene rings is 1. The lowest BCUT2D eigenvalue weighted by molar-refractivity contribution is -0.137. The number of carbonyl (C=O) groups excluding carboxylic acids is 1. The Bertz CT molecular complexity index is 484. The zero-order valence-electron chi connectivity index (χ0n) is 11.5. The minimum absolute atomic E-state index is 0.0512. The third-order valence-electron chi connectivity index (χ3n) is 2.97. The van der Waals surface area contributed by atoms with Crippen LogP contribution in [0.25, 0.3) is 0 Å². The van der Waals surface area contributed by atoms with E-state index in [4.69, 9.17) is 10.8 Å². The molecule has 0 heterocycles. The summed E-state index contributed by atoms with van der Waals surface area (Å²) in [4.78, 5) is 24.5. The van der Waals surface area contributed by atoms with Crippen LogP contribution in [0.4, 0.5) is 5.69 Å². The van der Waals surface area contributed by atoms with Gasteiger partial charge in [0.05, 0.1) is 6.42 Å². The topological polar surface area (TPSA) is 83.6 Å². The van der Waals surface area contributed by atoms with Gasteiger partial charge in [-0.3, -0.25) is 9.59 Å². The monoisotopic (exact) mass is 264 g/mol. The Kier molecular flexibility index (Phi) is 4.92. The highest BCUT2D eigenvalue weighted by molar-refractivity contribution is 5.95. The molecule has 104 valence electrons. The first-order chi connectivity index (χ1) is 8.82. The predicted molar refractivity (Wildman–Crippen MR) is 74.0 cm³/mol. The molecule has 1 rings (SSSR count). The van der Waals surface area contributed by atoms with Gasteiger partial charge in [-0.05, 0) is 44.5 Å². The number of hydrogen-bond acceptors (Lipinski definition) is 3. The van der Waals surface area contributed by atoms with Crippen LogP contribution < -0.4 is 5.73 Å². The van der Waals surface area contributed by atoms with Crippen molar-refractivity contribution in [3.05, 3.63) is 29.3 Å². The summed E-state index contributed by atoms with van der Waals surface area (Å²) in [6.45, 7) is 5.77. The fraction of sp³-hybridized carbons (Fsp3) is 0.429. The van der Waals surface area contributed by atoms with Crippen LogP contribution in [0.3, 0.4) is 0 Å². The Morgan fingerprint density at radius 3 is 2.47 bits per heavy atom. The van der Waals surface area contributed by atoms with E-state index >= 15 is 0 Å². The highest BCUT2D eigenvalue weighted by atomic mass is 16.4. The number of carbonyl (C=O) groups is 2. The smallest absolute Gasteiger partial charge is 0.305 e. The lowest BCUT2D eigenvalue weighted by atomic mass is 10.1. The van der Waals surface area contributed by atoms with Crippen molar-refractivity contribution < 1.29 is 14.7 Å². The van der Waals surface area contributed by atoms with Gasteiger partial charge in [0.25, 0.3) is 5.91 Å². The molecular formula is C14H20N2O3. The molecule has 1 aromatic rings. The Morgan fingerprint density at radius 2 is 2.00 bits per heavy atom. The summed E-state index contributed by atoms with van der Waals surface area (Å²) in [5, 5.41) is 8.72. The number of carboxylic acid groups (broad SMARTS) is 1. The molecule has 0 radical (unpaired) electrons. The molecule has 0 saturated carbocycles. The normalized spacial score (nSPS) is 10.5. The summed E-state index contributed by atoms with van der Waals surface area (Å²) in [5.41, 5.74) is 7.73. The van der Waals surface area contributed by atoms with E-state index in [1.165, 1.54) is 0 Å². The van der Waals surface area contributed by atoms with Crippen LogP contribution in [0.15, 0.2) is 18.2 Å². The Morgan fingerprint density at radius 1 is 1.37 bits per heavy atom. The lowest BCUT2D eigenvalue weighted by Crippen LogP contribution is -2.38. The van der Waals surface area contributed by atoms with Crippen LogP contribution in [0.5, 0.6) is 0 Å². The number of rotatable bonds is 5. The molecule has 0 aromatic heterocycles. The van der Waals surface area contributed by atoms with Gasteiger partial charge in [0, 0.05) is 23.8 Å². The van der Waals surface area contributed by atoms with E-state index in [2.05, 4.69) is 0 Å². The first kappa shape index (κ1) is 15.0. The molecule has 0 bridgehead atoms. The Balaban J connectivity index is 2.92. The third-order valence-corrected chi connectivity index (χ3v) is 2.97. The SMILES string of the molecule is Cc1cc(C(=O)N(CCC(=O)O)C(C)C)ccc1N. The van der Waals surface area contributed by atoms with Gasteiger partial charge in [-0.1, -0.05) is 0 Å². The molecule has 3 N–H and O–H groups in total. The average Bonchev–Trinajstić information content (AvgIpc) is 2.31. The minimum atomic E-state index is -0.910. The molecule has 5 heteroatoms. The van der Waals surface area contributed by atoms with Crippen molar-refractivity contribution in [3.63, 3.8) is 0 Å². The van der Waals surface area contributed by atoms with Crippen molar-refractivity contribution in [2.75, 3.05) is 12.3 Å². The summed E-state index contributed by atoms with van der Waals surface area (Å²) >= 11 is 0. The number of hydrogen-bond donors (Lipinski definition) is 2. The van der Waals surface area contributed by atoms with Gasteiger partial charge in [-0.2, -0.15) is 0 Å². The molecule has 0 saturated heterocycles. The largest absolute Gasteiger partial charge is 0.481 e. The molecular weight excluding hydrogens is 244 g/mol. The second kappa shape index (κ2) is 6.22. The van der Waals surface area contributed by atoms with Crippen molar-refractivity contribution in [2.45, 2.75) is 33.2 Å². The minimum Gasteiger partial charge on any atom is -0.481 e. The number of carboxylic acids is 1. The molecule has 0 spiro atoms. The molecule has 0 aliphatic carbocycles. The summed E-state index contributed by atoms with van der Waals surface area (Å²) in [6, 6.07) is 5.04. The molecule has 0 aliphatic heterocycles. The van der Waals surface area contributed by atoms with Crippen LogP contribution >= 0.6 is 0 Å². The van der Waals surface area contributed by atoms with Crippen molar-refractivity contribution in [3.8, 4) is 0 Å². The van der Waals surface area contributed by atoms with Crippen molar-refractivity contribution in [2.24, 2.45) is 0 Å². The predicted octanol–water partition coefficient (Wildman–Crippen LogP) is 1.90. The van der Waals surface area contributed by atoms with Crippen LogP contribution in [-0.4, -0.2) is 34.5 Å². The standard InChI is InChI=1S/C14H20N2O3/c1-9(2)16(7-6-13(17)18)14(19)11-4-5-12(15)10(3)8-11/h4-5,8-9H,6-7,15H2,1-3H3,(H,17,18). The second-order valence-corrected chi connectivity index (χ2v) is 4.81. The van der Waals surface area contributed by atoms with Gasteiger partial charge in [-0.25, -0.2) is 0 Å². The highest BCUT2D eigenvalue weighted by Gasteiger charge is 2.19. The number of nitrogens with zero attached hydrogens (tertiary/aromatic N) is 1. The van der Waals surface area contributed by atoms with E-state index in [-0.39, 0.29) is 24.9 Å². The summed E-state index contributed by atoms with van der Waals surface area (Å²) in [6.07, 6.45) is -0.0577. The third kappa shape index (κ3) is 3.98. The van der Waals surface area contributed by atoms with Crippen molar-refractivity contribution >= 4 is 17.6 Å². The van der Waals surface area contributed by atoms with Gasteiger partial charge in [0.1, 0.15) is 0 Å². The number of aryl methyl sites for hydroxylation is 1. The van der Waals surface area contributed by atoms with Crippen LogP contribution in [0.2, 0.25) is 0 Å². The first-order valence-electron chi connectivity index (χ1n) is 6.21. The fourth-order valence-electron chi connectivity index (χ4n) is 1.78. The van der Waals surface area contributed by atoms with Gasteiger partial charge in [-0.15, -0.1) is 0 Å². The maximum Gasteiger partial charge on any atom is 0.305 e. The van der Waals surface area contributed by atoms with Gasteiger partial charge < -0.3 is 15.7 Å². The van der Waals surface area contributed by atoms with Crippen LogP contribution in [-0.2, 0) is 4.79 Å². The van der Waals surface area contributed by atoms with E-state index in [1.54, 1.807) is 23.1 Å². The number of aliphatic carboxylic acids is 1. The fourth-order valence-corrected chi connectivity index (χ4v) is 1.78. The van der Waals surface area contributed by atoms with Crippen LogP contribution in [0, 0.1) is 6.92 Å². The molecule has 1 amide bonds. The van der Waals surface area contributed by atoms with Gasteiger partial charge >= 0.3 is 5.97 Å². The maximum absolute atomic E-state index is 12.4. The molecule has 19 heavy (non-hydrogen) atoms. The summed E-state index contributed by atoms with van der Waals surface area (Å²) in [7, 11) is 0. The van der Waals surface area contributed by atoms with E-state index < -0.39 is 5.97 Å². The number of amides is 1. The molecule has 0 fully saturated rings.